The first-order valence-electron chi connectivity index (χ1n) is 9.50. The Bertz CT molecular complexity index is 877. The maximum atomic E-state index is 12.3. The Kier molecular flexibility index (Phi) is 5.87. The third-order valence-corrected chi connectivity index (χ3v) is 4.36. The third-order valence-electron chi connectivity index (χ3n) is 4.36. The van der Waals surface area contributed by atoms with Crippen LogP contribution in [0.2, 0.25) is 0 Å². The summed E-state index contributed by atoms with van der Waals surface area (Å²) >= 11 is 0. The fourth-order valence-corrected chi connectivity index (χ4v) is 3.12. The van der Waals surface area contributed by atoms with E-state index < -0.39 is 0 Å². The van der Waals surface area contributed by atoms with E-state index in [1.54, 1.807) is 30.3 Å². The van der Waals surface area contributed by atoms with Gasteiger partial charge >= 0.3 is 0 Å². The van der Waals surface area contributed by atoms with Crippen molar-refractivity contribution < 1.29 is 19.1 Å². The van der Waals surface area contributed by atoms with Crippen molar-refractivity contribution in [3.8, 4) is 11.5 Å². The molecule has 1 aliphatic heterocycles. The van der Waals surface area contributed by atoms with Crippen LogP contribution in [0.5, 0.6) is 11.5 Å². The van der Waals surface area contributed by atoms with Crippen molar-refractivity contribution >= 4 is 17.5 Å². The Morgan fingerprint density at radius 3 is 2.75 bits per heavy atom. The van der Waals surface area contributed by atoms with E-state index in [1.165, 1.54) is 0 Å². The lowest BCUT2D eigenvalue weighted by Crippen LogP contribution is -2.25. The molecule has 2 N–H and O–H groups in total. The number of anilines is 1. The highest BCUT2D eigenvalue weighted by atomic mass is 16.5. The van der Waals surface area contributed by atoms with Crippen LogP contribution in [-0.2, 0) is 11.2 Å². The van der Waals surface area contributed by atoms with Crippen LogP contribution in [0, 0.1) is 0 Å². The van der Waals surface area contributed by atoms with E-state index in [0.29, 0.717) is 29.3 Å². The van der Waals surface area contributed by atoms with Crippen LogP contribution in [-0.4, -0.2) is 30.6 Å². The average Bonchev–Trinajstić information content (AvgIpc) is 2.99. The van der Waals surface area contributed by atoms with Crippen LogP contribution < -0.4 is 20.1 Å². The molecule has 0 saturated carbocycles. The summed E-state index contributed by atoms with van der Waals surface area (Å²) in [6, 6.07) is 12.5. The number of nitrogens with one attached hydrogen (secondary N) is 2. The quantitative estimate of drug-likeness (QED) is 0.768. The van der Waals surface area contributed by atoms with Gasteiger partial charge in [-0.15, -0.1) is 0 Å². The second-order valence-electron chi connectivity index (χ2n) is 7.46. The molecule has 6 heteroatoms. The normalized spacial score (nSPS) is 14.0. The highest BCUT2D eigenvalue weighted by Crippen LogP contribution is 2.41. The number of carbonyl (C=O) groups excluding carboxylic acids is 2. The number of hydrogen-bond donors (Lipinski definition) is 2. The van der Waals surface area contributed by atoms with Crippen molar-refractivity contribution in [3.63, 3.8) is 0 Å². The summed E-state index contributed by atoms with van der Waals surface area (Å²) in [5.74, 6) is 0.801. The number of carbonyl (C=O) groups is 2. The zero-order chi connectivity index (χ0) is 20.1. The van der Waals surface area contributed by atoms with Crippen molar-refractivity contribution in [3.05, 3.63) is 53.6 Å². The Labute approximate surface area is 165 Å². The third kappa shape index (κ3) is 4.82. The topological polar surface area (TPSA) is 76.7 Å². The number of rotatable bonds is 7. The summed E-state index contributed by atoms with van der Waals surface area (Å²) in [4.78, 5) is 24.3. The van der Waals surface area contributed by atoms with E-state index in [9.17, 15) is 9.59 Å². The number of hydrogen-bond acceptors (Lipinski definition) is 4. The van der Waals surface area contributed by atoms with Crippen LogP contribution in [0.15, 0.2) is 42.5 Å². The Hall–Kier alpha value is -3.02. The van der Waals surface area contributed by atoms with Gasteiger partial charge in [-0.2, -0.15) is 0 Å². The summed E-state index contributed by atoms with van der Waals surface area (Å²) < 4.78 is 11.6. The molecule has 1 aliphatic rings. The molecule has 0 radical (unpaired) electrons. The molecule has 0 unspecified atom stereocenters. The van der Waals surface area contributed by atoms with Crippen molar-refractivity contribution in [2.45, 2.75) is 39.2 Å². The lowest BCUT2D eigenvalue weighted by atomic mass is 10.0. The van der Waals surface area contributed by atoms with Crippen molar-refractivity contribution in [2.24, 2.45) is 0 Å². The lowest BCUT2D eigenvalue weighted by Gasteiger charge is -2.18. The summed E-state index contributed by atoms with van der Waals surface area (Å²) in [7, 11) is 0. The predicted molar refractivity (Wildman–Crippen MR) is 108 cm³/mol. The number of benzene rings is 2. The lowest BCUT2D eigenvalue weighted by molar-refractivity contribution is -0.118. The second kappa shape index (κ2) is 8.33. The van der Waals surface area contributed by atoms with Crippen molar-refractivity contribution in [2.75, 3.05) is 18.5 Å². The van der Waals surface area contributed by atoms with Gasteiger partial charge in [-0.1, -0.05) is 25.1 Å². The molecule has 2 aromatic carbocycles. The van der Waals surface area contributed by atoms with Crippen LogP contribution in [0.3, 0.4) is 0 Å². The molecule has 148 valence electrons. The maximum absolute atomic E-state index is 12.3. The van der Waals surface area contributed by atoms with Crippen molar-refractivity contribution in [1.29, 1.82) is 0 Å². The highest BCUT2D eigenvalue weighted by molar-refractivity contribution is 5.97. The minimum absolute atomic E-state index is 0.146. The van der Waals surface area contributed by atoms with E-state index in [0.717, 1.165) is 18.4 Å². The molecule has 0 bridgehead atoms. The summed E-state index contributed by atoms with van der Waals surface area (Å²) in [6.07, 6.45) is 1.67. The molecule has 0 spiro atoms. The van der Waals surface area contributed by atoms with Gasteiger partial charge < -0.3 is 20.1 Å². The first kappa shape index (κ1) is 19.7. The fraction of sp³-hybridized carbons (Fsp3) is 0.364. The van der Waals surface area contributed by atoms with E-state index in [1.807, 2.05) is 32.9 Å². The monoisotopic (exact) mass is 382 g/mol. The average molecular weight is 382 g/mol. The second-order valence-corrected chi connectivity index (χ2v) is 7.46. The molecule has 0 saturated heterocycles. The fourth-order valence-electron chi connectivity index (χ4n) is 3.12. The van der Waals surface area contributed by atoms with Crippen LogP contribution in [0.25, 0.3) is 0 Å². The smallest absolute Gasteiger partial charge is 0.262 e. The van der Waals surface area contributed by atoms with E-state index in [-0.39, 0.29) is 24.0 Å². The standard InChI is InChI=1S/C22H26N2O4/c1-4-11-23-21(26)15-7-5-9-17(12-15)24-19(25)14-27-18-10-6-8-16-13-22(2,3)28-20(16)18/h5-10,12H,4,11,13-14H2,1-3H3,(H,23,26)(H,24,25). The molecule has 0 aliphatic carbocycles. The molecule has 2 aromatic rings. The van der Waals surface area contributed by atoms with Gasteiger partial charge in [0.2, 0.25) is 0 Å². The Balaban J connectivity index is 1.59. The van der Waals surface area contributed by atoms with Gasteiger partial charge in [0.15, 0.2) is 18.1 Å². The molecule has 28 heavy (non-hydrogen) atoms. The van der Waals surface area contributed by atoms with E-state index in [2.05, 4.69) is 10.6 Å². The zero-order valence-electron chi connectivity index (χ0n) is 16.5. The molecular formula is C22H26N2O4. The molecule has 1 heterocycles. The van der Waals surface area contributed by atoms with Crippen LogP contribution in [0.1, 0.15) is 43.1 Å². The largest absolute Gasteiger partial charge is 0.483 e. The molecular weight excluding hydrogens is 356 g/mol. The van der Waals surface area contributed by atoms with Crippen LogP contribution in [0.4, 0.5) is 5.69 Å². The molecule has 3 rings (SSSR count). The Morgan fingerprint density at radius 1 is 1.18 bits per heavy atom. The summed E-state index contributed by atoms with van der Waals surface area (Å²) in [5, 5.41) is 5.58. The van der Waals surface area contributed by atoms with Gasteiger partial charge in [0.05, 0.1) is 0 Å². The SMILES string of the molecule is CCCNC(=O)c1cccc(NC(=O)COc2cccc3c2OC(C)(C)C3)c1. The van der Waals surface area contributed by atoms with Gasteiger partial charge in [-0.05, 0) is 44.5 Å². The van der Waals surface area contributed by atoms with Gasteiger partial charge in [0.25, 0.3) is 11.8 Å². The van der Waals surface area contributed by atoms with Gasteiger partial charge in [-0.25, -0.2) is 0 Å². The van der Waals surface area contributed by atoms with Crippen molar-refractivity contribution in [1.82, 2.24) is 5.32 Å². The molecule has 0 atom stereocenters. The zero-order valence-corrected chi connectivity index (χ0v) is 16.5. The molecule has 0 fully saturated rings. The van der Waals surface area contributed by atoms with Crippen LogP contribution >= 0.6 is 0 Å². The number of amides is 2. The molecule has 2 amide bonds. The van der Waals surface area contributed by atoms with Gasteiger partial charge in [-0.3, -0.25) is 9.59 Å². The highest BCUT2D eigenvalue weighted by Gasteiger charge is 2.32. The predicted octanol–water partition coefficient (Wildman–Crippen LogP) is 3.56. The molecule has 6 nitrogen and oxygen atoms in total. The first-order valence-corrected chi connectivity index (χ1v) is 9.50. The number of para-hydroxylation sites is 1. The maximum Gasteiger partial charge on any atom is 0.262 e. The van der Waals surface area contributed by atoms with Gasteiger partial charge in [0.1, 0.15) is 5.60 Å². The van der Waals surface area contributed by atoms with E-state index in [4.69, 9.17) is 9.47 Å². The minimum Gasteiger partial charge on any atom is -0.483 e. The van der Waals surface area contributed by atoms with Gasteiger partial charge in [0, 0.05) is 29.8 Å². The minimum atomic E-state index is -0.305. The summed E-state index contributed by atoms with van der Waals surface area (Å²) in [6.45, 7) is 6.50. The number of ether oxygens (including phenoxy) is 2. The first-order chi connectivity index (χ1) is 13.4. The van der Waals surface area contributed by atoms with E-state index >= 15 is 0 Å². The molecule has 0 aromatic heterocycles. The summed E-state index contributed by atoms with van der Waals surface area (Å²) in [5.41, 5.74) is 1.86. The Morgan fingerprint density at radius 2 is 1.96 bits per heavy atom. The number of fused-ring (bicyclic) bond motifs is 1.